The van der Waals surface area contributed by atoms with E-state index in [4.69, 9.17) is 0 Å². The smallest absolute Gasteiger partial charge is 0.235 e. The molecule has 0 unspecified atom stereocenters. The van der Waals surface area contributed by atoms with Crippen molar-refractivity contribution in [2.45, 2.75) is 24.3 Å². The van der Waals surface area contributed by atoms with Gasteiger partial charge in [0.1, 0.15) is 5.82 Å². The third kappa shape index (κ3) is 3.62. The van der Waals surface area contributed by atoms with E-state index < -0.39 is 0 Å². The maximum absolute atomic E-state index is 13.4. The highest BCUT2D eigenvalue weighted by atomic mass is 32.2. The number of rotatable bonds is 5. The maximum atomic E-state index is 13.4. The third-order valence-corrected chi connectivity index (χ3v) is 4.48. The summed E-state index contributed by atoms with van der Waals surface area (Å²) < 4.78 is 14.8. The Balaban J connectivity index is 2.30. The molecule has 1 amide bonds. The molecule has 0 radical (unpaired) electrons. The van der Waals surface area contributed by atoms with Crippen LogP contribution in [0.3, 0.4) is 0 Å². The highest BCUT2D eigenvalue weighted by molar-refractivity contribution is 8.00. The number of benzene rings is 1. The summed E-state index contributed by atoms with van der Waals surface area (Å²) in [6.45, 7) is 3.94. The number of hydrogen-bond acceptors (Lipinski definition) is 5. The van der Waals surface area contributed by atoms with Gasteiger partial charge in [-0.3, -0.25) is 4.79 Å². The van der Waals surface area contributed by atoms with Gasteiger partial charge in [-0.25, -0.2) is 4.39 Å². The largest absolute Gasteiger partial charge is 0.348 e. The summed E-state index contributed by atoms with van der Waals surface area (Å²) in [5.74, 6) is -0.264. The van der Waals surface area contributed by atoms with Gasteiger partial charge in [0.25, 0.3) is 0 Å². The molecule has 2 rings (SSSR count). The Morgan fingerprint density at radius 2 is 2.09 bits per heavy atom. The van der Waals surface area contributed by atoms with E-state index in [2.05, 4.69) is 15.5 Å². The SMILES string of the molecule is CC(C)[C@H](Sc1nnnn1-c1cccc(F)c1)C(=O)N(C)C. The topological polar surface area (TPSA) is 63.9 Å². The molecule has 0 fully saturated rings. The Hall–Kier alpha value is -1.96. The van der Waals surface area contributed by atoms with Gasteiger partial charge in [-0.1, -0.05) is 31.7 Å². The van der Waals surface area contributed by atoms with Crippen molar-refractivity contribution in [1.29, 1.82) is 0 Å². The lowest BCUT2D eigenvalue weighted by Gasteiger charge is -2.22. The van der Waals surface area contributed by atoms with Crippen LogP contribution in [0.1, 0.15) is 13.8 Å². The van der Waals surface area contributed by atoms with Crippen LogP contribution in [0.4, 0.5) is 4.39 Å². The second-order valence-corrected chi connectivity index (χ2v) is 6.48. The van der Waals surface area contributed by atoms with E-state index in [0.717, 1.165) is 0 Å². The summed E-state index contributed by atoms with van der Waals surface area (Å²) in [6, 6.07) is 6.00. The standard InChI is InChI=1S/C14H18FN5OS/c1-9(2)12(13(21)19(3)4)22-14-16-17-18-20(14)11-7-5-6-10(15)8-11/h5-9,12H,1-4H3/t12-/m0/s1. The zero-order valence-corrected chi connectivity index (χ0v) is 13.7. The molecule has 0 aliphatic carbocycles. The summed E-state index contributed by atoms with van der Waals surface area (Å²) in [7, 11) is 3.43. The van der Waals surface area contributed by atoms with Gasteiger partial charge in [0.05, 0.1) is 10.9 Å². The minimum absolute atomic E-state index is 0.00575. The lowest BCUT2D eigenvalue weighted by atomic mass is 10.1. The van der Waals surface area contributed by atoms with Crippen molar-refractivity contribution in [1.82, 2.24) is 25.1 Å². The lowest BCUT2D eigenvalue weighted by Crippen LogP contribution is -2.35. The van der Waals surface area contributed by atoms with Crippen LogP contribution < -0.4 is 0 Å². The molecule has 118 valence electrons. The predicted octanol–water partition coefficient (Wildman–Crippen LogP) is 2.01. The fourth-order valence-electron chi connectivity index (χ4n) is 1.86. The Morgan fingerprint density at radius 1 is 1.36 bits per heavy atom. The van der Waals surface area contributed by atoms with Gasteiger partial charge in [-0.2, -0.15) is 4.68 Å². The zero-order valence-electron chi connectivity index (χ0n) is 12.9. The number of hydrogen-bond donors (Lipinski definition) is 0. The summed E-state index contributed by atoms with van der Waals surface area (Å²) in [6.07, 6.45) is 0. The first-order valence-electron chi connectivity index (χ1n) is 6.82. The average molecular weight is 323 g/mol. The van der Waals surface area contributed by atoms with Crippen molar-refractivity contribution in [2.24, 2.45) is 5.92 Å². The Labute approximate surface area is 132 Å². The summed E-state index contributed by atoms with van der Waals surface area (Å²) in [5, 5.41) is 11.6. The quantitative estimate of drug-likeness (QED) is 0.788. The van der Waals surface area contributed by atoms with E-state index in [1.54, 1.807) is 31.1 Å². The average Bonchev–Trinajstić information content (AvgIpc) is 2.91. The van der Waals surface area contributed by atoms with Crippen molar-refractivity contribution in [3.8, 4) is 5.69 Å². The van der Waals surface area contributed by atoms with Crippen molar-refractivity contribution < 1.29 is 9.18 Å². The van der Waals surface area contributed by atoms with E-state index in [1.165, 1.54) is 28.6 Å². The van der Waals surface area contributed by atoms with Crippen LogP contribution in [0, 0.1) is 11.7 Å². The number of nitrogens with zero attached hydrogens (tertiary/aromatic N) is 5. The number of carbonyl (C=O) groups is 1. The molecule has 0 aliphatic rings. The second kappa shape index (κ2) is 6.87. The molecule has 1 atom stereocenters. The Kier molecular flexibility index (Phi) is 5.12. The molecule has 22 heavy (non-hydrogen) atoms. The van der Waals surface area contributed by atoms with Crippen molar-refractivity contribution in [3.05, 3.63) is 30.1 Å². The first kappa shape index (κ1) is 16.4. The molecule has 8 heteroatoms. The van der Waals surface area contributed by atoms with Crippen molar-refractivity contribution >= 4 is 17.7 Å². The van der Waals surface area contributed by atoms with Gasteiger partial charge >= 0.3 is 0 Å². The maximum Gasteiger partial charge on any atom is 0.235 e. The minimum Gasteiger partial charge on any atom is -0.348 e. The molecular weight excluding hydrogens is 305 g/mol. The molecule has 1 aromatic heterocycles. The van der Waals surface area contributed by atoms with Crippen LogP contribution in [0.5, 0.6) is 0 Å². The van der Waals surface area contributed by atoms with E-state index >= 15 is 0 Å². The van der Waals surface area contributed by atoms with Crippen LogP contribution in [0.2, 0.25) is 0 Å². The summed E-state index contributed by atoms with van der Waals surface area (Å²) in [5.41, 5.74) is 0.521. The van der Waals surface area contributed by atoms with E-state index in [1.807, 2.05) is 13.8 Å². The summed E-state index contributed by atoms with van der Waals surface area (Å²) >= 11 is 1.28. The molecule has 0 aliphatic heterocycles. The number of aromatic nitrogens is 4. The highest BCUT2D eigenvalue weighted by Gasteiger charge is 2.27. The Bertz CT molecular complexity index is 658. The highest BCUT2D eigenvalue weighted by Crippen LogP contribution is 2.28. The predicted molar refractivity (Wildman–Crippen MR) is 82.3 cm³/mol. The molecule has 1 heterocycles. The van der Waals surface area contributed by atoms with E-state index in [0.29, 0.717) is 10.8 Å². The van der Waals surface area contributed by atoms with Crippen LogP contribution >= 0.6 is 11.8 Å². The molecule has 0 bridgehead atoms. The van der Waals surface area contributed by atoms with Crippen LogP contribution in [0.25, 0.3) is 5.69 Å². The number of tetrazole rings is 1. The monoisotopic (exact) mass is 323 g/mol. The molecular formula is C14H18FN5OS. The van der Waals surface area contributed by atoms with Gasteiger partial charge in [-0.05, 0) is 34.5 Å². The molecule has 0 saturated heterocycles. The molecule has 0 saturated carbocycles. The lowest BCUT2D eigenvalue weighted by molar-refractivity contribution is -0.128. The molecule has 2 aromatic rings. The minimum atomic E-state index is -0.367. The number of amides is 1. The molecule has 1 aromatic carbocycles. The van der Waals surface area contributed by atoms with E-state index in [-0.39, 0.29) is 22.9 Å². The zero-order chi connectivity index (χ0) is 16.3. The van der Waals surface area contributed by atoms with Crippen LogP contribution in [-0.2, 0) is 4.79 Å². The van der Waals surface area contributed by atoms with Gasteiger partial charge in [0, 0.05) is 14.1 Å². The van der Waals surface area contributed by atoms with Crippen molar-refractivity contribution in [2.75, 3.05) is 14.1 Å². The summed E-state index contributed by atoms with van der Waals surface area (Å²) in [4.78, 5) is 13.8. The van der Waals surface area contributed by atoms with Gasteiger partial charge < -0.3 is 4.90 Å². The van der Waals surface area contributed by atoms with Gasteiger partial charge in [0.15, 0.2) is 0 Å². The fraction of sp³-hybridized carbons (Fsp3) is 0.429. The first-order chi connectivity index (χ1) is 10.4. The molecule has 0 N–H and O–H groups in total. The molecule has 6 nitrogen and oxygen atoms in total. The fourth-order valence-corrected chi connectivity index (χ4v) is 3.00. The van der Waals surface area contributed by atoms with Crippen LogP contribution in [-0.4, -0.2) is 50.4 Å². The molecule has 0 spiro atoms. The van der Waals surface area contributed by atoms with E-state index in [9.17, 15) is 9.18 Å². The van der Waals surface area contributed by atoms with Crippen LogP contribution in [0.15, 0.2) is 29.4 Å². The normalized spacial score (nSPS) is 12.5. The van der Waals surface area contributed by atoms with Gasteiger partial charge in [0.2, 0.25) is 11.1 Å². The number of thioether (sulfide) groups is 1. The van der Waals surface area contributed by atoms with Crippen molar-refractivity contribution in [3.63, 3.8) is 0 Å². The third-order valence-electron chi connectivity index (χ3n) is 3.02. The first-order valence-corrected chi connectivity index (χ1v) is 7.70. The second-order valence-electron chi connectivity index (χ2n) is 5.37. The van der Waals surface area contributed by atoms with Gasteiger partial charge in [-0.15, -0.1) is 5.10 Å². The number of carbonyl (C=O) groups excluding carboxylic acids is 1. The number of halogens is 1. The Morgan fingerprint density at radius 3 is 2.68 bits per heavy atom.